The molecule has 0 bridgehead atoms. The molecule has 1 aromatic rings. The molecule has 1 aromatic carbocycles. The van der Waals surface area contributed by atoms with E-state index in [0.29, 0.717) is 18.7 Å². The van der Waals surface area contributed by atoms with E-state index in [1.165, 1.54) is 17.0 Å². The first-order valence-electron chi connectivity index (χ1n) is 7.63. The predicted molar refractivity (Wildman–Crippen MR) is 84.6 cm³/mol. The molecular weight excluding hydrogens is 321 g/mol. The third-order valence-corrected chi connectivity index (χ3v) is 3.98. The lowest BCUT2D eigenvalue weighted by molar-refractivity contribution is -0.137. The SMILES string of the molecule is CN(N=N[C@@H]1CCN(c2ccc(C(F)(F)F)cc2)C1=O)C(C)(C)C. The molecule has 24 heavy (non-hydrogen) atoms. The van der Waals surface area contributed by atoms with Gasteiger partial charge in [0.15, 0.2) is 6.04 Å². The molecule has 0 saturated carbocycles. The third kappa shape index (κ3) is 4.04. The normalized spacial score (nSPS) is 19.4. The average Bonchev–Trinajstić information content (AvgIpc) is 2.84. The molecule has 0 spiro atoms. The zero-order chi connectivity index (χ0) is 18.1. The van der Waals surface area contributed by atoms with Crippen LogP contribution in [0.2, 0.25) is 0 Å². The summed E-state index contributed by atoms with van der Waals surface area (Å²) in [6, 6.07) is 3.97. The maximum absolute atomic E-state index is 12.6. The summed E-state index contributed by atoms with van der Waals surface area (Å²) in [6.45, 7) is 6.32. The van der Waals surface area contributed by atoms with Crippen LogP contribution in [-0.2, 0) is 11.0 Å². The van der Waals surface area contributed by atoms with Gasteiger partial charge in [-0.2, -0.15) is 18.3 Å². The molecule has 1 atom stereocenters. The second-order valence-electron chi connectivity index (χ2n) is 6.74. The molecule has 0 aromatic heterocycles. The van der Waals surface area contributed by atoms with E-state index in [4.69, 9.17) is 0 Å². The lowest BCUT2D eigenvalue weighted by Gasteiger charge is -2.27. The van der Waals surface area contributed by atoms with Gasteiger partial charge in [-0.1, -0.05) is 5.22 Å². The van der Waals surface area contributed by atoms with Gasteiger partial charge >= 0.3 is 6.18 Å². The number of amides is 1. The van der Waals surface area contributed by atoms with Gasteiger partial charge in [0.05, 0.1) is 11.1 Å². The van der Waals surface area contributed by atoms with Gasteiger partial charge in [0.1, 0.15) is 0 Å². The summed E-state index contributed by atoms with van der Waals surface area (Å²) in [5.41, 5.74) is -0.506. The summed E-state index contributed by atoms with van der Waals surface area (Å²) < 4.78 is 37.8. The molecule has 0 aliphatic carbocycles. The van der Waals surface area contributed by atoms with Crippen LogP contribution in [0.25, 0.3) is 0 Å². The van der Waals surface area contributed by atoms with Crippen LogP contribution in [0.3, 0.4) is 0 Å². The van der Waals surface area contributed by atoms with E-state index in [1.54, 1.807) is 12.1 Å². The third-order valence-electron chi connectivity index (χ3n) is 3.98. The van der Waals surface area contributed by atoms with E-state index in [9.17, 15) is 18.0 Å². The Labute approximate surface area is 139 Å². The first-order chi connectivity index (χ1) is 11.0. The Morgan fingerprint density at radius 2 is 1.75 bits per heavy atom. The minimum Gasteiger partial charge on any atom is -0.310 e. The zero-order valence-electron chi connectivity index (χ0n) is 14.1. The highest BCUT2D eigenvalue weighted by Gasteiger charge is 2.34. The van der Waals surface area contributed by atoms with Crippen molar-refractivity contribution in [3.63, 3.8) is 0 Å². The van der Waals surface area contributed by atoms with Gasteiger partial charge in [0.25, 0.3) is 5.91 Å². The molecule has 1 saturated heterocycles. The Hall–Kier alpha value is -2.12. The van der Waals surface area contributed by atoms with Crippen molar-refractivity contribution in [3.05, 3.63) is 29.8 Å². The Morgan fingerprint density at radius 3 is 2.25 bits per heavy atom. The summed E-state index contributed by atoms with van der Waals surface area (Å²) in [4.78, 5) is 13.8. The molecule has 0 unspecified atom stereocenters. The van der Waals surface area contributed by atoms with Crippen LogP contribution in [0.1, 0.15) is 32.8 Å². The minimum atomic E-state index is -4.39. The van der Waals surface area contributed by atoms with Crippen molar-refractivity contribution in [1.29, 1.82) is 0 Å². The monoisotopic (exact) mass is 342 g/mol. The maximum Gasteiger partial charge on any atom is 0.416 e. The van der Waals surface area contributed by atoms with E-state index in [1.807, 2.05) is 20.8 Å². The molecule has 1 aliphatic heterocycles. The van der Waals surface area contributed by atoms with E-state index >= 15 is 0 Å². The first-order valence-corrected chi connectivity index (χ1v) is 7.63. The number of anilines is 1. The second-order valence-corrected chi connectivity index (χ2v) is 6.74. The predicted octanol–water partition coefficient (Wildman–Crippen LogP) is 3.91. The van der Waals surface area contributed by atoms with Gasteiger partial charge in [-0.25, -0.2) is 0 Å². The molecular formula is C16H21F3N4O. The lowest BCUT2D eigenvalue weighted by Crippen LogP contribution is -2.34. The van der Waals surface area contributed by atoms with Crippen LogP contribution >= 0.6 is 0 Å². The van der Waals surface area contributed by atoms with Gasteiger partial charge < -0.3 is 4.90 Å². The summed E-state index contributed by atoms with van der Waals surface area (Å²) in [5, 5.41) is 9.82. The molecule has 8 heteroatoms. The summed E-state index contributed by atoms with van der Waals surface area (Å²) in [6.07, 6.45) is -3.90. The molecule has 0 N–H and O–H groups in total. The summed E-state index contributed by atoms with van der Waals surface area (Å²) >= 11 is 0. The van der Waals surface area contributed by atoms with Crippen molar-refractivity contribution in [2.75, 3.05) is 18.5 Å². The number of halogens is 3. The van der Waals surface area contributed by atoms with Gasteiger partial charge in [-0.3, -0.25) is 9.80 Å². The van der Waals surface area contributed by atoms with Crippen molar-refractivity contribution in [1.82, 2.24) is 5.01 Å². The number of benzene rings is 1. The topological polar surface area (TPSA) is 48.3 Å². The highest BCUT2D eigenvalue weighted by atomic mass is 19.4. The number of hydrogen-bond donors (Lipinski definition) is 0. The molecule has 1 heterocycles. The number of nitrogens with zero attached hydrogens (tertiary/aromatic N) is 4. The Morgan fingerprint density at radius 1 is 1.17 bits per heavy atom. The smallest absolute Gasteiger partial charge is 0.310 e. The molecule has 1 amide bonds. The van der Waals surface area contributed by atoms with E-state index < -0.39 is 17.8 Å². The molecule has 1 aliphatic rings. The van der Waals surface area contributed by atoms with Crippen LogP contribution < -0.4 is 4.90 Å². The number of hydrogen-bond acceptors (Lipinski definition) is 3. The standard InChI is InChI=1S/C16H21F3N4O/c1-15(2,3)22(4)21-20-13-9-10-23(14(13)24)12-7-5-11(6-8-12)16(17,18)19/h5-8,13H,9-10H2,1-4H3/t13-/m1/s1. The van der Waals surface area contributed by atoms with Gasteiger partial charge in [-0.05, 0) is 51.5 Å². The van der Waals surface area contributed by atoms with E-state index in [2.05, 4.69) is 10.3 Å². The number of rotatable bonds is 3. The molecule has 0 radical (unpaired) electrons. The molecule has 132 valence electrons. The first kappa shape index (κ1) is 18.2. The quantitative estimate of drug-likeness (QED) is 0.618. The van der Waals surface area contributed by atoms with Gasteiger partial charge in [0, 0.05) is 19.3 Å². The van der Waals surface area contributed by atoms with Crippen LogP contribution in [0.5, 0.6) is 0 Å². The Bertz CT molecular complexity index is 620. The van der Waals surface area contributed by atoms with Crippen LogP contribution in [-0.4, -0.2) is 36.1 Å². The van der Waals surface area contributed by atoms with Crippen LogP contribution in [0.15, 0.2) is 34.6 Å². The highest BCUT2D eigenvalue weighted by Crippen LogP contribution is 2.31. The minimum absolute atomic E-state index is 0.210. The molecule has 5 nitrogen and oxygen atoms in total. The van der Waals surface area contributed by atoms with Crippen LogP contribution in [0.4, 0.5) is 18.9 Å². The van der Waals surface area contributed by atoms with Gasteiger partial charge in [-0.15, -0.1) is 0 Å². The Kier molecular flexibility index (Phi) is 4.87. The number of alkyl halides is 3. The average molecular weight is 342 g/mol. The van der Waals surface area contributed by atoms with Crippen LogP contribution in [0, 0.1) is 0 Å². The van der Waals surface area contributed by atoms with Crippen molar-refractivity contribution in [3.8, 4) is 0 Å². The second kappa shape index (κ2) is 6.41. The van der Waals surface area contributed by atoms with Crippen molar-refractivity contribution in [2.45, 2.75) is 44.9 Å². The summed E-state index contributed by atoms with van der Waals surface area (Å²) in [7, 11) is 1.77. The highest BCUT2D eigenvalue weighted by molar-refractivity contribution is 5.99. The fourth-order valence-electron chi connectivity index (χ4n) is 2.13. The fourth-order valence-corrected chi connectivity index (χ4v) is 2.13. The van der Waals surface area contributed by atoms with E-state index in [-0.39, 0.29) is 11.4 Å². The largest absolute Gasteiger partial charge is 0.416 e. The number of carbonyl (C=O) groups is 1. The van der Waals surface area contributed by atoms with Crippen molar-refractivity contribution < 1.29 is 18.0 Å². The maximum atomic E-state index is 12.6. The number of carbonyl (C=O) groups excluding carboxylic acids is 1. The summed E-state index contributed by atoms with van der Waals surface area (Å²) in [5.74, 6) is -0.249. The lowest BCUT2D eigenvalue weighted by atomic mass is 10.1. The zero-order valence-corrected chi connectivity index (χ0v) is 14.1. The molecule has 2 rings (SSSR count). The fraction of sp³-hybridized carbons (Fsp3) is 0.562. The molecule has 1 fully saturated rings. The Balaban J connectivity index is 2.08. The van der Waals surface area contributed by atoms with Crippen molar-refractivity contribution in [2.24, 2.45) is 10.3 Å². The van der Waals surface area contributed by atoms with Crippen molar-refractivity contribution >= 4 is 11.6 Å². The van der Waals surface area contributed by atoms with E-state index in [0.717, 1.165) is 12.1 Å². The van der Waals surface area contributed by atoms with Gasteiger partial charge in [0.2, 0.25) is 0 Å².